The van der Waals surface area contributed by atoms with Gasteiger partial charge in [0.2, 0.25) is 5.91 Å². The first-order valence-corrected chi connectivity index (χ1v) is 9.76. The predicted octanol–water partition coefficient (Wildman–Crippen LogP) is 2.43. The van der Waals surface area contributed by atoms with E-state index in [4.69, 9.17) is 5.73 Å². The van der Waals surface area contributed by atoms with E-state index in [9.17, 15) is 9.59 Å². The average Bonchev–Trinajstić information content (AvgIpc) is 3.40. The van der Waals surface area contributed by atoms with E-state index in [1.165, 1.54) is 30.5 Å². The molecular formula is C21H26N2O2. The molecule has 4 aliphatic rings. The number of primary amides is 1. The number of rotatable bonds is 3. The third-order valence-corrected chi connectivity index (χ3v) is 7.28. The summed E-state index contributed by atoms with van der Waals surface area (Å²) >= 11 is 0. The normalized spacial score (nSPS) is 34.3. The summed E-state index contributed by atoms with van der Waals surface area (Å²) in [4.78, 5) is 26.8. The maximum atomic E-state index is 12.4. The van der Waals surface area contributed by atoms with Crippen LogP contribution < -0.4 is 5.73 Å². The van der Waals surface area contributed by atoms with E-state index in [1.807, 2.05) is 12.1 Å². The van der Waals surface area contributed by atoms with E-state index >= 15 is 0 Å². The Morgan fingerprint density at radius 1 is 1.28 bits per heavy atom. The highest BCUT2D eigenvalue weighted by Crippen LogP contribution is 2.55. The molecule has 3 fully saturated rings. The number of carbonyl (C=O) groups is 2. The van der Waals surface area contributed by atoms with Crippen molar-refractivity contribution in [2.75, 3.05) is 13.1 Å². The third kappa shape index (κ3) is 2.37. The molecule has 0 aromatic heterocycles. The molecule has 1 saturated heterocycles. The molecular weight excluding hydrogens is 312 g/mol. The minimum absolute atomic E-state index is 0.0565. The topological polar surface area (TPSA) is 63.4 Å². The van der Waals surface area contributed by atoms with E-state index in [0.717, 1.165) is 38.1 Å². The predicted molar refractivity (Wildman–Crippen MR) is 95.4 cm³/mol. The van der Waals surface area contributed by atoms with Gasteiger partial charge in [0.05, 0.1) is 0 Å². The molecule has 5 rings (SSSR count). The Morgan fingerprint density at radius 2 is 2.12 bits per heavy atom. The second-order valence-electron chi connectivity index (χ2n) is 8.71. The first-order chi connectivity index (χ1) is 12.1. The molecule has 1 amide bonds. The number of fused-ring (bicyclic) bond motifs is 1. The van der Waals surface area contributed by atoms with Crippen LogP contribution in [0.25, 0.3) is 0 Å². The zero-order valence-corrected chi connectivity index (χ0v) is 14.7. The molecule has 0 spiro atoms. The number of likely N-dealkylation sites (tertiary alicyclic amines) is 1. The van der Waals surface area contributed by atoms with E-state index in [-0.39, 0.29) is 11.3 Å². The molecule has 1 aliphatic heterocycles. The van der Waals surface area contributed by atoms with Crippen LogP contribution in [0.5, 0.6) is 0 Å². The minimum Gasteiger partial charge on any atom is -0.366 e. The van der Waals surface area contributed by atoms with Gasteiger partial charge in [0, 0.05) is 36.4 Å². The molecule has 2 bridgehead atoms. The number of nitrogens with two attached hydrogens (primary N) is 1. The Balaban J connectivity index is 1.60. The van der Waals surface area contributed by atoms with Crippen molar-refractivity contribution in [1.82, 2.24) is 4.90 Å². The SMILES string of the molecule is NC(=O)c1ccc2c(c1)[C@]13CCN(CC4CC4)[C@H](C2)[C@@H]1CCC(=O)C3. The average molecular weight is 338 g/mol. The van der Waals surface area contributed by atoms with Crippen molar-refractivity contribution in [3.8, 4) is 0 Å². The molecule has 3 aliphatic carbocycles. The van der Waals surface area contributed by atoms with Gasteiger partial charge in [-0.15, -0.1) is 0 Å². The van der Waals surface area contributed by atoms with Gasteiger partial charge in [-0.05, 0) is 73.7 Å². The van der Waals surface area contributed by atoms with Crippen LogP contribution in [0.3, 0.4) is 0 Å². The van der Waals surface area contributed by atoms with Crippen LogP contribution in [-0.2, 0) is 16.6 Å². The zero-order valence-electron chi connectivity index (χ0n) is 14.7. The number of hydrogen-bond donors (Lipinski definition) is 1. The molecule has 0 radical (unpaired) electrons. The third-order valence-electron chi connectivity index (χ3n) is 7.28. The van der Waals surface area contributed by atoms with Crippen LogP contribution in [-0.4, -0.2) is 35.7 Å². The van der Waals surface area contributed by atoms with Gasteiger partial charge in [0.25, 0.3) is 0 Å². The lowest BCUT2D eigenvalue weighted by molar-refractivity contribution is -0.127. The van der Waals surface area contributed by atoms with E-state index < -0.39 is 0 Å². The smallest absolute Gasteiger partial charge is 0.248 e. The van der Waals surface area contributed by atoms with Crippen molar-refractivity contribution in [3.05, 3.63) is 34.9 Å². The number of ketones is 1. The van der Waals surface area contributed by atoms with E-state index in [2.05, 4.69) is 11.0 Å². The Kier molecular flexibility index (Phi) is 3.37. The Hall–Kier alpha value is -1.68. The summed E-state index contributed by atoms with van der Waals surface area (Å²) in [5.74, 6) is 1.47. The molecule has 1 heterocycles. The number of piperidine rings is 1. The fourth-order valence-corrected chi connectivity index (χ4v) is 5.92. The van der Waals surface area contributed by atoms with Crippen molar-refractivity contribution in [1.29, 1.82) is 0 Å². The van der Waals surface area contributed by atoms with Crippen LogP contribution in [0, 0.1) is 11.8 Å². The molecule has 2 saturated carbocycles. The van der Waals surface area contributed by atoms with Crippen molar-refractivity contribution < 1.29 is 9.59 Å². The first kappa shape index (κ1) is 15.6. The van der Waals surface area contributed by atoms with Crippen molar-refractivity contribution >= 4 is 11.7 Å². The Labute approximate surface area is 148 Å². The summed E-state index contributed by atoms with van der Waals surface area (Å²) in [6.45, 7) is 2.32. The van der Waals surface area contributed by atoms with Crippen molar-refractivity contribution in [2.45, 2.75) is 56.4 Å². The second-order valence-corrected chi connectivity index (χ2v) is 8.71. The van der Waals surface area contributed by atoms with Gasteiger partial charge >= 0.3 is 0 Å². The summed E-state index contributed by atoms with van der Waals surface area (Å²) in [5, 5.41) is 0. The molecule has 25 heavy (non-hydrogen) atoms. The highest BCUT2D eigenvalue weighted by molar-refractivity contribution is 5.93. The van der Waals surface area contributed by atoms with E-state index in [0.29, 0.717) is 29.7 Å². The molecule has 3 atom stereocenters. The van der Waals surface area contributed by atoms with Gasteiger partial charge in [-0.3, -0.25) is 14.5 Å². The number of nitrogens with zero attached hydrogens (tertiary/aromatic N) is 1. The van der Waals surface area contributed by atoms with Crippen LogP contribution in [0.15, 0.2) is 18.2 Å². The maximum Gasteiger partial charge on any atom is 0.248 e. The van der Waals surface area contributed by atoms with Crippen LogP contribution in [0.4, 0.5) is 0 Å². The molecule has 0 unspecified atom stereocenters. The summed E-state index contributed by atoms with van der Waals surface area (Å²) in [6, 6.07) is 6.54. The lowest BCUT2D eigenvalue weighted by Gasteiger charge is -2.58. The van der Waals surface area contributed by atoms with Crippen molar-refractivity contribution in [3.63, 3.8) is 0 Å². The van der Waals surface area contributed by atoms with Gasteiger partial charge in [-0.1, -0.05) is 6.07 Å². The zero-order chi connectivity index (χ0) is 17.2. The Morgan fingerprint density at radius 3 is 2.88 bits per heavy atom. The van der Waals surface area contributed by atoms with Crippen LogP contribution in [0.1, 0.15) is 60.0 Å². The quantitative estimate of drug-likeness (QED) is 0.921. The number of carbonyl (C=O) groups excluding carboxylic acids is 2. The molecule has 4 nitrogen and oxygen atoms in total. The van der Waals surface area contributed by atoms with Crippen LogP contribution >= 0.6 is 0 Å². The minimum atomic E-state index is -0.369. The van der Waals surface area contributed by atoms with Gasteiger partial charge in [0.15, 0.2) is 0 Å². The number of hydrogen-bond acceptors (Lipinski definition) is 3. The highest BCUT2D eigenvalue weighted by Gasteiger charge is 2.55. The van der Waals surface area contributed by atoms with Crippen molar-refractivity contribution in [2.24, 2.45) is 17.6 Å². The molecule has 132 valence electrons. The summed E-state index contributed by atoms with van der Waals surface area (Å²) < 4.78 is 0. The number of benzene rings is 1. The fourth-order valence-electron chi connectivity index (χ4n) is 5.92. The van der Waals surface area contributed by atoms with Crippen LogP contribution in [0.2, 0.25) is 0 Å². The largest absolute Gasteiger partial charge is 0.366 e. The second kappa shape index (κ2) is 5.41. The first-order valence-electron chi connectivity index (χ1n) is 9.76. The summed E-state index contributed by atoms with van der Waals surface area (Å²) in [5.41, 5.74) is 8.66. The van der Waals surface area contributed by atoms with Gasteiger partial charge in [-0.25, -0.2) is 0 Å². The summed E-state index contributed by atoms with van der Waals surface area (Å²) in [7, 11) is 0. The molecule has 1 aromatic rings. The lowest BCUT2D eigenvalue weighted by atomic mass is 9.52. The molecule has 1 aromatic carbocycles. The Bertz CT molecular complexity index is 754. The van der Waals surface area contributed by atoms with Gasteiger partial charge in [-0.2, -0.15) is 0 Å². The van der Waals surface area contributed by atoms with E-state index in [1.54, 1.807) is 0 Å². The standard InChI is InChI=1S/C21H26N2O2/c22-20(25)15-4-3-14-10-19-17-6-5-16(24)11-21(17,18(14)9-15)7-8-23(19)12-13-1-2-13/h3-4,9,13,17,19H,1-2,5-8,10-12H2,(H2,22,25)/t17-,19+,21-/m0/s1. The number of Topliss-reactive ketones (excluding diaryl/α,β-unsaturated/α-hetero) is 1. The molecule has 4 heteroatoms. The van der Waals surface area contributed by atoms with Gasteiger partial charge in [0.1, 0.15) is 5.78 Å². The monoisotopic (exact) mass is 338 g/mol. The maximum absolute atomic E-state index is 12.4. The lowest BCUT2D eigenvalue weighted by Crippen LogP contribution is -2.62. The summed E-state index contributed by atoms with van der Waals surface area (Å²) in [6.07, 6.45) is 7.26. The van der Waals surface area contributed by atoms with Gasteiger partial charge < -0.3 is 5.73 Å². The fraction of sp³-hybridized carbons (Fsp3) is 0.619. The molecule has 2 N–H and O–H groups in total. The number of amides is 1. The highest BCUT2D eigenvalue weighted by atomic mass is 16.1.